The van der Waals surface area contributed by atoms with Crippen molar-refractivity contribution in [3.63, 3.8) is 0 Å². The van der Waals surface area contributed by atoms with E-state index in [-0.39, 0.29) is 38.4 Å². The molecule has 1 fully saturated rings. The first-order valence-corrected chi connectivity index (χ1v) is 9.56. The zero-order valence-electron chi connectivity index (χ0n) is 15.2. The highest BCUT2D eigenvalue weighted by atomic mass is 35.5. The number of halogens is 3. The molecule has 1 aliphatic heterocycles. The monoisotopic (exact) mass is 458 g/mol. The summed E-state index contributed by atoms with van der Waals surface area (Å²) in [5.41, 5.74) is 14.0. The smallest absolute Gasteiger partial charge is 0.291 e. The topological polar surface area (TPSA) is 145 Å². The van der Waals surface area contributed by atoms with E-state index < -0.39 is 5.91 Å². The van der Waals surface area contributed by atoms with Crippen LogP contribution in [-0.2, 0) is 0 Å². The van der Waals surface area contributed by atoms with Gasteiger partial charge in [0.15, 0.2) is 10.8 Å². The van der Waals surface area contributed by atoms with Gasteiger partial charge in [-0.3, -0.25) is 4.79 Å². The molecule has 3 rings (SSSR count). The molecule has 3 heterocycles. The van der Waals surface area contributed by atoms with E-state index in [1.165, 1.54) is 13.3 Å². The molecule has 1 aliphatic rings. The number of hydrogen-bond donors (Lipinski definition) is 3. The number of carbonyl (C=O) groups excluding carboxylic acids is 1. The second-order valence-corrected chi connectivity index (χ2v) is 7.13. The summed E-state index contributed by atoms with van der Waals surface area (Å²) >= 11 is 17.8. The molecule has 0 unspecified atom stereocenters. The molecule has 5 N–H and O–H groups in total. The fraction of sp³-hybridized carbons (Fsp3) is 0.312. The number of carbonyl (C=O) groups is 1. The number of anilines is 3. The first-order chi connectivity index (χ1) is 13.8. The average molecular weight is 460 g/mol. The van der Waals surface area contributed by atoms with Crippen LogP contribution in [0.2, 0.25) is 15.2 Å². The van der Waals surface area contributed by atoms with Crippen molar-refractivity contribution in [3.05, 3.63) is 26.5 Å². The van der Waals surface area contributed by atoms with Crippen LogP contribution in [0.25, 0.3) is 0 Å². The first-order valence-electron chi connectivity index (χ1n) is 8.43. The average Bonchev–Trinajstić information content (AvgIpc) is 3.24. The molecular formula is C16H17Cl3N8O2. The number of nitrogens with two attached hydrogens (primary N) is 2. The number of ether oxygens (including phenoxy) is 1. The van der Waals surface area contributed by atoms with E-state index >= 15 is 0 Å². The third kappa shape index (κ3) is 4.39. The van der Waals surface area contributed by atoms with Crippen LogP contribution in [-0.4, -0.2) is 47.3 Å². The van der Waals surface area contributed by atoms with Gasteiger partial charge in [0.05, 0.1) is 29.6 Å². The highest BCUT2D eigenvalue weighted by molar-refractivity contribution is 6.46. The number of methoxy groups -OCH3 is 1. The van der Waals surface area contributed by atoms with Gasteiger partial charge in [-0.15, -0.1) is 0 Å². The van der Waals surface area contributed by atoms with E-state index in [0.29, 0.717) is 11.4 Å². The lowest BCUT2D eigenvalue weighted by Crippen LogP contribution is -2.23. The Labute approximate surface area is 181 Å². The molecule has 154 valence electrons. The van der Waals surface area contributed by atoms with Crippen LogP contribution < -0.4 is 26.5 Å². The van der Waals surface area contributed by atoms with Crippen LogP contribution in [0.5, 0.6) is 5.88 Å². The Hall–Kier alpha value is -2.56. The Morgan fingerprint density at radius 3 is 2.52 bits per heavy atom. The second-order valence-electron chi connectivity index (χ2n) is 6.01. The highest BCUT2D eigenvalue weighted by Crippen LogP contribution is 2.34. The predicted octanol–water partition coefficient (Wildman–Crippen LogP) is 2.37. The van der Waals surface area contributed by atoms with Gasteiger partial charge in [-0.25, -0.2) is 10.4 Å². The number of amides is 1. The molecule has 0 saturated carbocycles. The summed E-state index contributed by atoms with van der Waals surface area (Å²) in [6, 6.07) is 0. The van der Waals surface area contributed by atoms with Crippen molar-refractivity contribution in [1.29, 1.82) is 0 Å². The van der Waals surface area contributed by atoms with Crippen LogP contribution >= 0.6 is 34.8 Å². The van der Waals surface area contributed by atoms with E-state index in [9.17, 15) is 4.79 Å². The molecule has 10 nitrogen and oxygen atoms in total. The van der Waals surface area contributed by atoms with Crippen molar-refractivity contribution in [2.45, 2.75) is 12.8 Å². The van der Waals surface area contributed by atoms with E-state index in [1.807, 2.05) is 4.90 Å². The fourth-order valence-corrected chi connectivity index (χ4v) is 3.38. The molecule has 13 heteroatoms. The van der Waals surface area contributed by atoms with E-state index in [4.69, 9.17) is 51.0 Å². The number of pyridine rings is 1. The maximum Gasteiger partial charge on any atom is 0.291 e. The SMILES string of the molecule is COc1nc(N)nc(N2CCCC2)c1/C=N/NC(=O)c1nc(Cl)c(Cl)c(N)c1Cl. The summed E-state index contributed by atoms with van der Waals surface area (Å²) in [5, 5.41) is 3.64. The molecule has 0 bridgehead atoms. The van der Waals surface area contributed by atoms with Gasteiger partial charge in [-0.1, -0.05) is 34.8 Å². The second kappa shape index (κ2) is 8.85. The molecular weight excluding hydrogens is 443 g/mol. The molecule has 0 aromatic carbocycles. The maximum absolute atomic E-state index is 12.4. The summed E-state index contributed by atoms with van der Waals surface area (Å²) in [5.74, 6) is 0.147. The fourth-order valence-electron chi connectivity index (χ4n) is 2.78. The molecule has 1 amide bonds. The van der Waals surface area contributed by atoms with Crippen LogP contribution in [0, 0.1) is 0 Å². The number of rotatable bonds is 5. The predicted molar refractivity (Wildman–Crippen MR) is 113 cm³/mol. The Kier molecular flexibility index (Phi) is 6.46. The zero-order valence-corrected chi connectivity index (χ0v) is 17.5. The van der Waals surface area contributed by atoms with E-state index in [1.54, 1.807) is 0 Å². The Morgan fingerprint density at radius 1 is 1.17 bits per heavy atom. The van der Waals surface area contributed by atoms with Crippen LogP contribution in [0.4, 0.5) is 17.5 Å². The van der Waals surface area contributed by atoms with E-state index in [2.05, 4.69) is 25.5 Å². The van der Waals surface area contributed by atoms with Gasteiger partial charge in [0.25, 0.3) is 5.91 Å². The molecule has 29 heavy (non-hydrogen) atoms. The van der Waals surface area contributed by atoms with Crippen molar-refractivity contribution in [1.82, 2.24) is 20.4 Å². The van der Waals surface area contributed by atoms with Gasteiger partial charge < -0.3 is 21.1 Å². The minimum atomic E-state index is -0.727. The number of aromatic nitrogens is 3. The number of hydrazone groups is 1. The summed E-state index contributed by atoms with van der Waals surface area (Å²) in [4.78, 5) is 26.6. The van der Waals surface area contributed by atoms with Crippen molar-refractivity contribution >= 4 is 64.4 Å². The lowest BCUT2D eigenvalue weighted by Gasteiger charge is -2.19. The molecule has 0 radical (unpaired) electrons. The third-order valence-electron chi connectivity index (χ3n) is 4.15. The van der Waals surface area contributed by atoms with Crippen LogP contribution in [0.15, 0.2) is 5.10 Å². The van der Waals surface area contributed by atoms with Crippen molar-refractivity contribution < 1.29 is 9.53 Å². The zero-order chi connectivity index (χ0) is 21.1. The molecule has 1 saturated heterocycles. The largest absolute Gasteiger partial charge is 0.480 e. The molecule has 0 spiro atoms. The quantitative estimate of drug-likeness (QED) is 0.351. The van der Waals surface area contributed by atoms with Crippen LogP contribution in [0.3, 0.4) is 0 Å². The standard InChI is InChI=1S/C16H17Cl3N8O2/c1-29-15-7(13(24-16(21)25-15)27-4-2-3-5-27)6-22-26-14(28)11-8(17)10(20)9(18)12(19)23-11/h6H,2-5H2,1H3,(H2,20,23)(H,26,28)(H2,21,24,25)/b22-6+. The van der Waals surface area contributed by atoms with Crippen molar-refractivity contribution in [2.75, 3.05) is 36.6 Å². The number of nitrogen functional groups attached to an aromatic ring is 2. The third-order valence-corrected chi connectivity index (χ3v) is 5.29. The summed E-state index contributed by atoms with van der Waals surface area (Å²) < 4.78 is 5.29. The highest BCUT2D eigenvalue weighted by Gasteiger charge is 2.22. The van der Waals surface area contributed by atoms with E-state index in [0.717, 1.165) is 25.9 Å². The minimum Gasteiger partial charge on any atom is -0.480 e. The van der Waals surface area contributed by atoms with Crippen molar-refractivity contribution in [3.8, 4) is 5.88 Å². The summed E-state index contributed by atoms with van der Waals surface area (Å²) in [7, 11) is 1.45. The Bertz CT molecular complexity index is 979. The van der Waals surface area contributed by atoms with Gasteiger partial charge in [-0.05, 0) is 12.8 Å². The molecule has 2 aromatic rings. The van der Waals surface area contributed by atoms with Gasteiger partial charge >= 0.3 is 0 Å². The summed E-state index contributed by atoms with van der Waals surface area (Å²) in [6.45, 7) is 1.63. The van der Waals surface area contributed by atoms with Gasteiger partial charge in [-0.2, -0.15) is 15.1 Å². The van der Waals surface area contributed by atoms with Gasteiger partial charge in [0, 0.05) is 13.1 Å². The van der Waals surface area contributed by atoms with Crippen LogP contribution in [0.1, 0.15) is 28.9 Å². The summed E-state index contributed by atoms with van der Waals surface area (Å²) in [6.07, 6.45) is 3.42. The molecule has 2 aromatic heterocycles. The van der Waals surface area contributed by atoms with Gasteiger partial charge in [0.1, 0.15) is 10.8 Å². The number of nitrogens with one attached hydrogen (secondary N) is 1. The normalized spacial score (nSPS) is 13.9. The molecule has 0 atom stereocenters. The Morgan fingerprint density at radius 2 is 1.86 bits per heavy atom. The number of hydrogen-bond acceptors (Lipinski definition) is 9. The van der Waals surface area contributed by atoms with Crippen molar-refractivity contribution in [2.24, 2.45) is 5.10 Å². The lowest BCUT2D eigenvalue weighted by atomic mass is 10.3. The van der Waals surface area contributed by atoms with Gasteiger partial charge in [0.2, 0.25) is 11.8 Å². The number of nitrogens with zero attached hydrogens (tertiary/aromatic N) is 5. The maximum atomic E-state index is 12.4. The minimum absolute atomic E-state index is 0.0317. The Balaban J connectivity index is 1.88. The lowest BCUT2D eigenvalue weighted by molar-refractivity contribution is 0.0950. The first kappa shape index (κ1) is 21.2. The molecule has 0 aliphatic carbocycles.